The number of rotatable bonds is 5. The van der Waals surface area contributed by atoms with Crippen LogP contribution in [0.1, 0.15) is 57.8 Å². The Morgan fingerprint density at radius 3 is 2.77 bits per heavy atom. The highest BCUT2D eigenvalue weighted by atomic mass is 16.3. The highest BCUT2D eigenvalue weighted by Crippen LogP contribution is 2.29. The average Bonchev–Trinajstić information content (AvgIpc) is 3.45. The number of nitrogens with one attached hydrogen (secondary N) is 2. The van der Waals surface area contributed by atoms with Crippen LogP contribution in [-0.4, -0.2) is 54.7 Å². The van der Waals surface area contributed by atoms with Crippen molar-refractivity contribution in [3.05, 3.63) is 71.0 Å². The maximum Gasteiger partial charge on any atom is 0.273 e. The first-order chi connectivity index (χ1) is 16.8. The zero-order chi connectivity index (χ0) is 24.7. The molecule has 2 aliphatic rings. The Morgan fingerprint density at radius 1 is 1.20 bits per heavy atom. The summed E-state index contributed by atoms with van der Waals surface area (Å²) in [6.45, 7) is 1.98. The summed E-state index contributed by atoms with van der Waals surface area (Å²) in [5.74, 6) is -1.43. The number of amides is 4. The van der Waals surface area contributed by atoms with Crippen molar-refractivity contribution in [2.24, 2.45) is 0 Å². The van der Waals surface area contributed by atoms with Crippen molar-refractivity contribution >= 4 is 23.6 Å². The number of hydrogen-bond acceptors (Lipinski definition) is 7. The van der Waals surface area contributed by atoms with Gasteiger partial charge in [0, 0.05) is 24.1 Å². The SMILES string of the molecule is C[C@@H](NC(=O)c1cn(-c2ccc3c(c2)CN(C2CCC(=O)NC2=O)C3=O)nn1)c1ccccc1O. The molecule has 3 N–H and O–H groups in total. The lowest BCUT2D eigenvalue weighted by Gasteiger charge is -2.29. The molecule has 11 heteroatoms. The number of para-hydroxylation sites is 1. The number of carbonyl (C=O) groups excluding carboxylic acids is 4. The third kappa shape index (κ3) is 4.12. The molecule has 3 heterocycles. The number of nitrogens with zero attached hydrogens (tertiary/aromatic N) is 4. The number of fused-ring (bicyclic) bond motifs is 1. The van der Waals surface area contributed by atoms with Gasteiger partial charge in [0.05, 0.1) is 17.9 Å². The maximum absolute atomic E-state index is 12.9. The molecule has 4 amide bonds. The van der Waals surface area contributed by atoms with Gasteiger partial charge in [0.2, 0.25) is 11.8 Å². The van der Waals surface area contributed by atoms with Gasteiger partial charge >= 0.3 is 0 Å². The van der Waals surface area contributed by atoms with Gasteiger partial charge in [0.15, 0.2) is 5.69 Å². The molecule has 2 atom stereocenters. The highest BCUT2D eigenvalue weighted by Gasteiger charge is 2.39. The smallest absolute Gasteiger partial charge is 0.273 e. The summed E-state index contributed by atoms with van der Waals surface area (Å²) in [6.07, 6.45) is 1.95. The van der Waals surface area contributed by atoms with Crippen LogP contribution in [0.2, 0.25) is 0 Å². The summed E-state index contributed by atoms with van der Waals surface area (Å²) >= 11 is 0. The van der Waals surface area contributed by atoms with E-state index < -0.39 is 23.9 Å². The monoisotopic (exact) mass is 474 g/mol. The van der Waals surface area contributed by atoms with E-state index in [1.165, 1.54) is 15.8 Å². The summed E-state index contributed by atoms with van der Waals surface area (Å²) in [5, 5.41) is 23.1. The topological polar surface area (TPSA) is 147 Å². The molecule has 0 saturated carbocycles. The second-order valence-corrected chi connectivity index (χ2v) is 8.54. The average molecular weight is 474 g/mol. The highest BCUT2D eigenvalue weighted by molar-refractivity contribution is 6.05. The Kier molecular flexibility index (Phi) is 5.51. The maximum atomic E-state index is 12.9. The predicted molar refractivity (Wildman–Crippen MR) is 121 cm³/mol. The normalized spacial score (nSPS) is 18.3. The number of aromatic hydroxyl groups is 1. The van der Waals surface area contributed by atoms with Gasteiger partial charge in [0.1, 0.15) is 11.8 Å². The molecule has 1 unspecified atom stereocenters. The number of phenols is 1. The largest absolute Gasteiger partial charge is 0.508 e. The van der Waals surface area contributed by atoms with Gasteiger partial charge in [-0.1, -0.05) is 23.4 Å². The number of hydrogen-bond donors (Lipinski definition) is 3. The van der Waals surface area contributed by atoms with E-state index in [9.17, 15) is 24.3 Å². The van der Waals surface area contributed by atoms with E-state index >= 15 is 0 Å². The Bertz CT molecular complexity index is 1370. The lowest BCUT2D eigenvalue weighted by atomic mass is 10.0. The first kappa shape index (κ1) is 22.3. The van der Waals surface area contributed by atoms with Crippen molar-refractivity contribution in [2.75, 3.05) is 0 Å². The second kappa shape index (κ2) is 8.67. The van der Waals surface area contributed by atoms with E-state index in [2.05, 4.69) is 20.9 Å². The van der Waals surface area contributed by atoms with Crippen LogP contribution in [0.4, 0.5) is 0 Å². The number of phenolic OH excluding ortho intramolecular Hbond substituents is 1. The predicted octanol–water partition coefficient (Wildman–Crippen LogP) is 1.22. The molecule has 0 bridgehead atoms. The van der Waals surface area contributed by atoms with Crippen LogP contribution in [0.5, 0.6) is 5.75 Å². The molecule has 178 valence electrons. The molecule has 2 aromatic carbocycles. The number of aromatic nitrogens is 3. The van der Waals surface area contributed by atoms with Gasteiger partial charge in [-0.25, -0.2) is 4.68 Å². The Balaban J connectivity index is 1.31. The van der Waals surface area contributed by atoms with Gasteiger partial charge in [-0.05, 0) is 43.2 Å². The molecule has 1 saturated heterocycles. The molecule has 11 nitrogen and oxygen atoms in total. The molecule has 1 aromatic heterocycles. The summed E-state index contributed by atoms with van der Waals surface area (Å²) in [6, 6.07) is 10.7. The Morgan fingerprint density at radius 2 is 2.00 bits per heavy atom. The van der Waals surface area contributed by atoms with Crippen molar-refractivity contribution in [3.63, 3.8) is 0 Å². The van der Waals surface area contributed by atoms with Crippen molar-refractivity contribution in [2.45, 2.75) is 38.4 Å². The zero-order valence-electron chi connectivity index (χ0n) is 18.8. The van der Waals surface area contributed by atoms with Crippen molar-refractivity contribution < 1.29 is 24.3 Å². The van der Waals surface area contributed by atoms with E-state index in [-0.39, 0.29) is 42.6 Å². The first-order valence-electron chi connectivity index (χ1n) is 11.1. The standard InChI is InChI=1S/C24H22N6O5/c1-13(16-4-2-3-5-20(16)31)25-22(33)18-12-30(28-27-18)15-6-7-17-14(10-15)11-29(24(17)35)19-8-9-21(32)26-23(19)34/h2-7,10,12-13,19,31H,8-9,11H2,1H3,(H,25,33)(H,26,32,34)/t13-,19?/m1/s1. The molecule has 1 fully saturated rings. The summed E-state index contributed by atoms with van der Waals surface area (Å²) in [7, 11) is 0. The van der Waals surface area contributed by atoms with Crippen molar-refractivity contribution in [1.29, 1.82) is 0 Å². The molecular weight excluding hydrogens is 452 g/mol. The third-order valence-electron chi connectivity index (χ3n) is 6.25. The number of benzene rings is 2. The van der Waals surface area contributed by atoms with Gasteiger partial charge in [-0.3, -0.25) is 24.5 Å². The molecule has 0 spiro atoms. The molecule has 35 heavy (non-hydrogen) atoms. The lowest BCUT2D eigenvalue weighted by Crippen LogP contribution is -2.52. The quantitative estimate of drug-likeness (QED) is 0.471. The van der Waals surface area contributed by atoms with Crippen LogP contribution in [0.15, 0.2) is 48.7 Å². The fourth-order valence-corrected chi connectivity index (χ4v) is 4.40. The molecule has 0 aliphatic carbocycles. The summed E-state index contributed by atoms with van der Waals surface area (Å²) in [4.78, 5) is 50.7. The van der Waals surface area contributed by atoms with E-state index in [0.717, 1.165) is 0 Å². The number of carbonyl (C=O) groups is 4. The van der Waals surface area contributed by atoms with Gasteiger partial charge < -0.3 is 15.3 Å². The molecule has 5 rings (SSSR count). The fourth-order valence-electron chi connectivity index (χ4n) is 4.40. The van der Waals surface area contributed by atoms with E-state index in [0.29, 0.717) is 22.4 Å². The van der Waals surface area contributed by atoms with Crippen LogP contribution in [0.25, 0.3) is 5.69 Å². The molecule has 2 aliphatic heterocycles. The van der Waals surface area contributed by atoms with Gasteiger partial charge in [0.25, 0.3) is 11.8 Å². The third-order valence-corrected chi connectivity index (χ3v) is 6.25. The minimum absolute atomic E-state index is 0.0861. The van der Waals surface area contributed by atoms with Crippen molar-refractivity contribution in [3.8, 4) is 11.4 Å². The molecule has 0 radical (unpaired) electrons. The van der Waals surface area contributed by atoms with E-state index in [1.54, 1.807) is 49.4 Å². The van der Waals surface area contributed by atoms with E-state index in [1.807, 2.05) is 0 Å². The van der Waals surface area contributed by atoms with Crippen LogP contribution >= 0.6 is 0 Å². The minimum atomic E-state index is -0.691. The number of imide groups is 1. The Hall–Kier alpha value is -4.54. The number of piperidine rings is 1. The molecule has 3 aromatic rings. The fraction of sp³-hybridized carbons (Fsp3) is 0.250. The van der Waals surface area contributed by atoms with Crippen LogP contribution in [-0.2, 0) is 16.1 Å². The first-order valence-corrected chi connectivity index (χ1v) is 11.1. The summed E-state index contributed by atoms with van der Waals surface area (Å²) in [5.41, 5.74) is 2.47. The summed E-state index contributed by atoms with van der Waals surface area (Å²) < 4.78 is 1.43. The Labute approximate surface area is 199 Å². The van der Waals surface area contributed by atoms with Gasteiger partial charge in [-0.15, -0.1) is 5.10 Å². The lowest BCUT2D eigenvalue weighted by molar-refractivity contribution is -0.136. The van der Waals surface area contributed by atoms with Crippen LogP contribution in [0.3, 0.4) is 0 Å². The molecular formula is C24H22N6O5. The van der Waals surface area contributed by atoms with Crippen LogP contribution in [0, 0.1) is 0 Å². The van der Waals surface area contributed by atoms with E-state index in [4.69, 9.17) is 0 Å². The second-order valence-electron chi connectivity index (χ2n) is 8.54. The van der Waals surface area contributed by atoms with Crippen LogP contribution < -0.4 is 10.6 Å². The van der Waals surface area contributed by atoms with Gasteiger partial charge in [-0.2, -0.15) is 0 Å². The van der Waals surface area contributed by atoms with Crippen molar-refractivity contribution in [1.82, 2.24) is 30.5 Å². The zero-order valence-corrected chi connectivity index (χ0v) is 18.8. The minimum Gasteiger partial charge on any atom is -0.508 e.